The summed E-state index contributed by atoms with van der Waals surface area (Å²) in [5, 5.41) is 3.94. The SMILES string of the molecule is Cc1ccccc1Nc1cc(Cl)c(N)cc1C. The maximum atomic E-state index is 6.03. The first-order chi connectivity index (χ1) is 8.08. The Labute approximate surface area is 106 Å². The van der Waals surface area contributed by atoms with Crippen molar-refractivity contribution in [1.29, 1.82) is 0 Å². The van der Waals surface area contributed by atoms with Gasteiger partial charge in [-0.1, -0.05) is 29.8 Å². The zero-order chi connectivity index (χ0) is 12.4. The molecule has 2 aromatic carbocycles. The van der Waals surface area contributed by atoms with E-state index in [0.29, 0.717) is 10.7 Å². The van der Waals surface area contributed by atoms with Crippen LogP contribution in [-0.2, 0) is 0 Å². The topological polar surface area (TPSA) is 38.0 Å². The highest BCUT2D eigenvalue weighted by Crippen LogP contribution is 2.29. The lowest BCUT2D eigenvalue weighted by atomic mass is 10.1. The predicted octanol–water partition coefficient (Wildman–Crippen LogP) is 4.28. The van der Waals surface area contributed by atoms with E-state index in [0.717, 1.165) is 16.9 Å². The van der Waals surface area contributed by atoms with E-state index in [9.17, 15) is 0 Å². The third-order valence-corrected chi connectivity index (χ3v) is 3.09. The molecule has 0 atom stereocenters. The van der Waals surface area contributed by atoms with E-state index in [1.807, 2.05) is 37.3 Å². The Morgan fingerprint density at radius 1 is 1.00 bits per heavy atom. The fourth-order valence-corrected chi connectivity index (χ4v) is 1.86. The molecule has 0 saturated heterocycles. The number of hydrogen-bond acceptors (Lipinski definition) is 2. The van der Waals surface area contributed by atoms with Crippen LogP contribution in [0.4, 0.5) is 17.1 Å². The number of anilines is 3. The lowest BCUT2D eigenvalue weighted by Crippen LogP contribution is -1.97. The Bertz CT molecular complexity index is 550. The molecule has 0 aromatic heterocycles. The van der Waals surface area contributed by atoms with Crippen LogP contribution in [0, 0.1) is 13.8 Å². The predicted molar refractivity (Wildman–Crippen MR) is 75.1 cm³/mol. The lowest BCUT2D eigenvalue weighted by molar-refractivity contribution is 1.39. The monoisotopic (exact) mass is 246 g/mol. The summed E-state index contributed by atoms with van der Waals surface area (Å²) in [5.41, 5.74) is 10.7. The number of nitrogens with one attached hydrogen (secondary N) is 1. The van der Waals surface area contributed by atoms with Crippen LogP contribution in [0.1, 0.15) is 11.1 Å². The largest absolute Gasteiger partial charge is 0.398 e. The van der Waals surface area contributed by atoms with Gasteiger partial charge in [0.05, 0.1) is 10.7 Å². The molecule has 2 aromatic rings. The standard InChI is InChI=1S/C14H15ClN2/c1-9-5-3-4-6-13(9)17-14-8-11(15)12(16)7-10(14)2/h3-8,17H,16H2,1-2H3. The minimum absolute atomic E-state index is 0.576. The maximum absolute atomic E-state index is 6.03. The van der Waals surface area contributed by atoms with E-state index in [2.05, 4.69) is 18.3 Å². The Morgan fingerprint density at radius 3 is 2.41 bits per heavy atom. The van der Waals surface area contributed by atoms with Crippen molar-refractivity contribution in [2.24, 2.45) is 0 Å². The number of para-hydroxylation sites is 1. The van der Waals surface area contributed by atoms with Crippen LogP contribution < -0.4 is 11.1 Å². The molecule has 0 aliphatic heterocycles. The quantitative estimate of drug-likeness (QED) is 0.776. The molecule has 2 nitrogen and oxygen atoms in total. The van der Waals surface area contributed by atoms with Crippen LogP contribution in [0.5, 0.6) is 0 Å². The van der Waals surface area contributed by atoms with Gasteiger partial charge >= 0.3 is 0 Å². The fraction of sp³-hybridized carbons (Fsp3) is 0.143. The van der Waals surface area contributed by atoms with Gasteiger partial charge in [0.25, 0.3) is 0 Å². The second kappa shape index (κ2) is 4.68. The Hall–Kier alpha value is -1.67. The van der Waals surface area contributed by atoms with Gasteiger partial charge in [0, 0.05) is 11.4 Å². The van der Waals surface area contributed by atoms with Crippen molar-refractivity contribution in [3.05, 3.63) is 52.5 Å². The summed E-state index contributed by atoms with van der Waals surface area (Å²) in [7, 11) is 0. The minimum Gasteiger partial charge on any atom is -0.398 e. The van der Waals surface area contributed by atoms with Crippen LogP contribution >= 0.6 is 11.6 Å². The first-order valence-corrected chi connectivity index (χ1v) is 5.84. The molecule has 0 heterocycles. The highest BCUT2D eigenvalue weighted by molar-refractivity contribution is 6.33. The van der Waals surface area contributed by atoms with Crippen molar-refractivity contribution in [1.82, 2.24) is 0 Å². The van der Waals surface area contributed by atoms with Gasteiger partial charge in [-0.25, -0.2) is 0 Å². The number of nitrogens with two attached hydrogens (primary N) is 1. The van der Waals surface area contributed by atoms with Crippen molar-refractivity contribution in [3.63, 3.8) is 0 Å². The fourth-order valence-electron chi connectivity index (χ4n) is 1.70. The smallest absolute Gasteiger partial charge is 0.0656 e. The van der Waals surface area contributed by atoms with Crippen LogP contribution in [0.3, 0.4) is 0 Å². The Balaban J connectivity index is 2.37. The van der Waals surface area contributed by atoms with Gasteiger partial charge in [-0.3, -0.25) is 0 Å². The molecule has 0 amide bonds. The summed E-state index contributed by atoms with van der Waals surface area (Å²) < 4.78 is 0. The molecule has 88 valence electrons. The van der Waals surface area contributed by atoms with Gasteiger partial charge in [0.15, 0.2) is 0 Å². The summed E-state index contributed by atoms with van der Waals surface area (Å²) >= 11 is 6.03. The van der Waals surface area contributed by atoms with Crippen molar-refractivity contribution >= 4 is 28.7 Å². The second-order valence-corrected chi connectivity index (χ2v) is 4.54. The average molecular weight is 247 g/mol. The van der Waals surface area contributed by atoms with E-state index in [1.54, 1.807) is 0 Å². The molecular weight excluding hydrogens is 232 g/mol. The van der Waals surface area contributed by atoms with Gasteiger partial charge in [-0.15, -0.1) is 0 Å². The van der Waals surface area contributed by atoms with E-state index in [4.69, 9.17) is 17.3 Å². The van der Waals surface area contributed by atoms with Gasteiger partial charge < -0.3 is 11.1 Å². The molecule has 3 N–H and O–H groups in total. The van der Waals surface area contributed by atoms with Crippen molar-refractivity contribution in [3.8, 4) is 0 Å². The van der Waals surface area contributed by atoms with Crippen LogP contribution in [-0.4, -0.2) is 0 Å². The Kier molecular flexibility index (Phi) is 3.25. The van der Waals surface area contributed by atoms with E-state index in [-0.39, 0.29) is 0 Å². The summed E-state index contributed by atoms with van der Waals surface area (Å²) in [6.45, 7) is 4.07. The normalized spacial score (nSPS) is 10.3. The first kappa shape index (κ1) is 11.8. The van der Waals surface area contributed by atoms with Crippen molar-refractivity contribution in [2.75, 3.05) is 11.1 Å². The highest BCUT2D eigenvalue weighted by Gasteiger charge is 2.05. The molecule has 0 saturated carbocycles. The third-order valence-electron chi connectivity index (χ3n) is 2.76. The molecule has 2 rings (SSSR count). The summed E-state index contributed by atoms with van der Waals surface area (Å²) in [5.74, 6) is 0. The average Bonchev–Trinajstić information content (AvgIpc) is 2.29. The molecule has 0 radical (unpaired) electrons. The summed E-state index contributed by atoms with van der Waals surface area (Å²) in [6.07, 6.45) is 0. The zero-order valence-electron chi connectivity index (χ0n) is 9.92. The first-order valence-electron chi connectivity index (χ1n) is 5.46. The van der Waals surface area contributed by atoms with E-state index < -0.39 is 0 Å². The van der Waals surface area contributed by atoms with Gasteiger partial charge in [-0.05, 0) is 43.2 Å². The number of nitrogen functional groups attached to an aromatic ring is 1. The summed E-state index contributed by atoms with van der Waals surface area (Å²) in [4.78, 5) is 0. The number of rotatable bonds is 2. The summed E-state index contributed by atoms with van der Waals surface area (Å²) in [6, 6.07) is 11.9. The number of hydrogen-bond donors (Lipinski definition) is 2. The van der Waals surface area contributed by atoms with E-state index in [1.165, 1.54) is 5.56 Å². The maximum Gasteiger partial charge on any atom is 0.0656 e. The van der Waals surface area contributed by atoms with Crippen molar-refractivity contribution < 1.29 is 0 Å². The molecule has 3 heteroatoms. The van der Waals surface area contributed by atoms with Crippen LogP contribution in [0.25, 0.3) is 0 Å². The minimum atomic E-state index is 0.576. The van der Waals surface area contributed by atoms with Crippen molar-refractivity contribution in [2.45, 2.75) is 13.8 Å². The van der Waals surface area contributed by atoms with Crippen LogP contribution in [0.15, 0.2) is 36.4 Å². The Morgan fingerprint density at radius 2 is 1.71 bits per heavy atom. The number of benzene rings is 2. The molecule has 0 unspecified atom stereocenters. The molecular formula is C14H15ClN2. The molecule has 17 heavy (non-hydrogen) atoms. The third kappa shape index (κ3) is 2.53. The van der Waals surface area contributed by atoms with Gasteiger partial charge in [0.2, 0.25) is 0 Å². The molecule has 0 fully saturated rings. The molecule has 0 bridgehead atoms. The molecule has 0 spiro atoms. The lowest BCUT2D eigenvalue weighted by Gasteiger charge is -2.13. The van der Waals surface area contributed by atoms with Crippen LogP contribution in [0.2, 0.25) is 5.02 Å². The molecule has 0 aliphatic rings. The second-order valence-electron chi connectivity index (χ2n) is 4.13. The molecule has 0 aliphatic carbocycles. The van der Waals surface area contributed by atoms with Gasteiger partial charge in [0.1, 0.15) is 0 Å². The number of halogens is 1. The number of aryl methyl sites for hydroxylation is 2. The van der Waals surface area contributed by atoms with E-state index >= 15 is 0 Å². The zero-order valence-corrected chi connectivity index (χ0v) is 10.7. The van der Waals surface area contributed by atoms with Gasteiger partial charge in [-0.2, -0.15) is 0 Å². The highest BCUT2D eigenvalue weighted by atomic mass is 35.5.